The van der Waals surface area contributed by atoms with Crippen molar-refractivity contribution in [2.45, 2.75) is 38.6 Å². The molecule has 1 saturated carbocycles. The topological polar surface area (TPSA) is 24.9 Å². The molecule has 1 aromatic heterocycles. The zero-order chi connectivity index (χ0) is 12.5. The SMILES string of the molecule is CCC(CC1CC1)Nc1nc2cc(Br)ccc2s1. The van der Waals surface area contributed by atoms with E-state index in [1.54, 1.807) is 11.3 Å². The highest BCUT2D eigenvalue weighted by Gasteiger charge is 2.25. The van der Waals surface area contributed by atoms with Gasteiger partial charge in [-0.1, -0.05) is 47.0 Å². The summed E-state index contributed by atoms with van der Waals surface area (Å²) in [6.45, 7) is 2.25. The lowest BCUT2D eigenvalue weighted by molar-refractivity contribution is 0.587. The molecule has 1 aliphatic carbocycles. The van der Waals surface area contributed by atoms with Crippen LogP contribution in [0.5, 0.6) is 0 Å². The van der Waals surface area contributed by atoms with Gasteiger partial charge in [-0.05, 0) is 37.0 Å². The van der Waals surface area contributed by atoms with E-state index in [9.17, 15) is 0 Å². The largest absolute Gasteiger partial charge is 0.359 e. The highest BCUT2D eigenvalue weighted by atomic mass is 79.9. The number of benzene rings is 1. The predicted octanol–water partition coefficient (Wildman–Crippen LogP) is 5.05. The molecule has 96 valence electrons. The van der Waals surface area contributed by atoms with Crippen LogP contribution in [0, 0.1) is 5.92 Å². The number of halogens is 1. The van der Waals surface area contributed by atoms with Crippen LogP contribution in [0.25, 0.3) is 10.2 Å². The van der Waals surface area contributed by atoms with Gasteiger partial charge < -0.3 is 5.32 Å². The average molecular weight is 325 g/mol. The summed E-state index contributed by atoms with van der Waals surface area (Å²) in [5, 5.41) is 4.67. The minimum absolute atomic E-state index is 0.585. The quantitative estimate of drug-likeness (QED) is 0.832. The molecule has 0 saturated heterocycles. The van der Waals surface area contributed by atoms with Gasteiger partial charge in [0.1, 0.15) is 0 Å². The van der Waals surface area contributed by atoms with E-state index in [0.717, 1.165) is 21.0 Å². The van der Waals surface area contributed by atoms with Crippen LogP contribution in [0.15, 0.2) is 22.7 Å². The lowest BCUT2D eigenvalue weighted by atomic mass is 10.1. The minimum atomic E-state index is 0.585. The lowest BCUT2D eigenvalue weighted by Gasteiger charge is -2.15. The normalized spacial score (nSPS) is 17.0. The maximum atomic E-state index is 4.67. The first-order chi connectivity index (χ1) is 8.74. The van der Waals surface area contributed by atoms with Gasteiger partial charge in [-0.3, -0.25) is 0 Å². The number of anilines is 1. The van der Waals surface area contributed by atoms with E-state index in [0.29, 0.717) is 6.04 Å². The Morgan fingerprint density at radius 2 is 2.33 bits per heavy atom. The van der Waals surface area contributed by atoms with E-state index in [2.05, 4.69) is 51.4 Å². The van der Waals surface area contributed by atoms with Gasteiger partial charge in [-0.25, -0.2) is 4.98 Å². The molecule has 1 fully saturated rings. The molecule has 0 aliphatic heterocycles. The molecule has 0 amide bonds. The molecule has 2 aromatic rings. The van der Waals surface area contributed by atoms with Gasteiger partial charge in [0.25, 0.3) is 0 Å². The Hall–Kier alpha value is -0.610. The molecule has 3 rings (SSSR count). The van der Waals surface area contributed by atoms with Gasteiger partial charge in [0, 0.05) is 10.5 Å². The summed E-state index contributed by atoms with van der Waals surface area (Å²) < 4.78 is 2.35. The molecular weight excluding hydrogens is 308 g/mol. The standard InChI is InChI=1S/C14H17BrN2S/c1-2-11(7-9-3-4-9)16-14-17-12-8-10(15)5-6-13(12)18-14/h5-6,8-9,11H,2-4,7H2,1H3,(H,16,17). The first-order valence-electron chi connectivity index (χ1n) is 6.57. The van der Waals surface area contributed by atoms with Gasteiger partial charge >= 0.3 is 0 Å². The molecule has 1 N–H and O–H groups in total. The summed E-state index contributed by atoms with van der Waals surface area (Å²) in [6.07, 6.45) is 5.32. The molecule has 4 heteroatoms. The molecule has 1 aromatic carbocycles. The van der Waals surface area contributed by atoms with Crippen LogP contribution < -0.4 is 5.32 Å². The summed E-state index contributed by atoms with van der Waals surface area (Å²) in [5.74, 6) is 0.964. The summed E-state index contributed by atoms with van der Waals surface area (Å²) >= 11 is 5.25. The first kappa shape index (κ1) is 12.4. The van der Waals surface area contributed by atoms with E-state index in [1.165, 1.54) is 30.4 Å². The third-order valence-electron chi connectivity index (χ3n) is 3.48. The van der Waals surface area contributed by atoms with Crippen molar-refractivity contribution in [2.75, 3.05) is 5.32 Å². The molecule has 1 aliphatic rings. The van der Waals surface area contributed by atoms with E-state index >= 15 is 0 Å². The average Bonchev–Trinajstić information content (AvgIpc) is 3.07. The number of hydrogen-bond acceptors (Lipinski definition) is 3. The second-order valence-corrected chi connectivity index (χ2v) is 7.01. The van der Waals surface area contributed by atoms with Crippen LogP contribution >= 0.6 is 27.3 Å². The summed E-state index contributed by atoms with van der Waals surface area (Å²) in [5.41, 5.74) is 1.08. The van der Waals surface area contributed by atoms with E-state index in [4.69, 9.17) is 0 Å². The third-order valence-corrected chi connectivity index (χ3v) is 4.95. The Kier molecular flexibility index (Phi) is 3.57. The second kappa shape index (κ2) is 5.17. The smallest absolute Gasteiger partial charge is 0.184 e. The maximum absolute atomic E-state index is 4.67. The van der Waals surface area contributed by atoms with Crippen molar-refractivity contribution in [2.24, 2.45) is 5.92 Å². The number of nitrogens with zero attached hydrogens (tertiary/aromatic N) is 1. The molecule has 1 heterocycles. The van der Waals surface area contributed by atoms with Gasteiger partial charge in [-0.15, -0.1) is 0 Å². The highest BCUT2D eigenvalue weighted by molar-refractivity contribution is 9.10. The van der Waals surface area contributed by atoms with Crippen molar-refractivity contribution in [3.63, 3.8) is 0 Å². The molecule has 0 bridgehead atoms. The molecule has 1 unspecified atom stereocenters. The molecule has 1 atom stereocenters. The molecule has 0 spiro atoms. The van der Waals surface area contributed by atoms with Crippen molar-refractivity contribution in [1.29, 1.82) is 0 Å². The van der Waals surface area contributed by atoms with Crippen LogP contribution in [0.2, 0.25) is 0 Å². The first-order valence-corrected chi connectivity index (χ1v) is 8.18. The number of nitrogens with one attached hydrogen (secondary N) is 1. The molecular formula is C14H17BrN2S. The Bertz CT molecular complexity index is 548. The number of hydrogen-bond donors (Lipinski definition) is 1. The van der Waals surface area contributed by atoms with Crippen molar-refractivity contribution < 1.29 is 0 Å². The van der Waals surface area contributed by atoms with E-state index in [1.807, 2.05) is 0 Å². The predicted molar refractivity (Wildman–Crippen MR) is 82.4 cm³/mol. The van der Waals surface area contributed by atoms with Crippen molar-refractivity contribution in [3.8, 4) is 0 Å². The third kappa shape index (κ3) is 2.86. The zero-order valence-electron chi connectivity index (χ0n) is 10.4. The summed E-state index contributed by atoms with van der Waals surface area (Å²) in [7, 11) is 0. The monoisotopic (exact) mass is 324 g/mol. The molecule has 0 radical (unpaired) electrons. The fourth-order valence-electron chi connectivity index (χ4n) is 2.22. The second-order valence-electron chi connectivity index (χ2n) is 5.06. The molecule has 18 heavy (non-hydrogen) atoms. The van der Waals surface area contributed by atoms with E-state index < -0.39 is 0 Å². The summed E-state index contributed by atoms with van der Waals surface area (Å²) in [4.78, 5) is 4.67. The Balaban J connectivity index is 1.76. The van der Waals surface area contributed by atoms with Gasteiger partial charge in [-0.2, -0.15) is 0 Å². The van der Waals surface area contributed by atoms with Crippen LogP contribution in [0.1, 0.15) is 32.6 Å². The minimum Gasteiger partial charge on any atom is -0.359 e. The van der Waals surface area contributed by atoms with Gasteiger partial charge in [0.2, 0.25) is 0 Å². The lowest BCUT2D eigenvalue weighted by Crippen LogP contribution is -2.18. The van der Waals surface area contributed by atoms with Gasteiger partial charge in [0.05, 0.1) is 10.2 Å². The number of aromatic nitrogens is 1. The van der Waals surface area contributed by atoms with Crippen molar-refractivity contribution in [1.82, 2.24) is 4.98 Å². The fraction of sp³-hybridized carbons (Fsp3) is 0.500. The Morgan fingerprint density at radius 3 is 3.06 bits per heavy atom. The highest BCUT2D eigenvalue weighted by Crippen LogP contribution is 2.35. The fourth-order valence-corrected chi connectivity index (χ4v) is 3.49. The number of fused-ring (bicyclic) bond motifs is 1. The van der Waals surface area contributed by atoms with Crippen LogP contribution in [0.3, 0.4) is 0 Å². The number of rotatable bonds is 5. The Labute approximate surface area is 120 Å². The Morgan fingerprint density at radius 1 is 1.50 bits per heavy atom. The van der Waals surface area contributed by atoms with Crippen molar-refractivity contribution in [3.05, 3.63) is 22.7 Å². The van der Waals surface area contributed by atoms with E-state index in [-0.39, 0.29) is 0 Å². The van der Waals surface area contributed by atoms with Crippen LogP contribution in [-0.4, -0.2) is 11.0 Å². The summed E-state index contributed by atoms with van der Waals surface area (Å²) in [6, 6.07) is 6.87. The zero-order valence-corrected chi connectivity index (χ0v) is 12.9. The van der Waals surface area contributed by atoms with Crippen molar-refractivity contribution >= 4 is 42.6 Å². The maximum Gasteiger partial charge on any atom is 0.184 e. The van der Waals surface area contributed by atoms with Crippen LogP contribution in [0.4, 0.5) is 5.13 Å². The molecule has 2 nitrogen and oxygen atoms in total. The van der Waals surface area contributed by atoms with Crippen LogP contribution in [-0.2, 0) is 0 Å². The number of thiazole rings is 1. The van der Waals surface area contributed by atoms with Gasteiger partial charge in [0.15, 0.2) is 5.13 Å².